The van der Waals surface area contributed by atoms with Crippen LogP contribution >= 0.6 is 39.1 Å². The van der Waals surface area contributed by atoms with Gasteiger partial charge in [0.15, 0.2) is 0 Å². The van der Waals surface area contributed by atoms with Crippen molar-refractivity contribution in [1.82, 2.24) is 9.80 Å². The maximum Gasteiger partial charge on any atom is 0.258 e. The van der Waals surface area contributed by atoms with Crippen LogP contribution in [0.3, 0.4) is 0 Å². The molecule has 0 radical (unpaired) electrons. The SMILES string of the molecule is COc1c(C#N)cc2ccccc2c1C(=O)N(C)C[C@@H](CCN1CCC(c2ccc(Br)cc2[S@](C)=O)CC1)c1ccc(Cl)c(Cl)c1. The van der Waals surface area contributed by atoms with Gasteiger partial charge >= 0.3 is 0 Å². The van der Waals surface area contributed by atoms with Crippen molar-refractivity contribution in [3.8, 4) is 11.8 Å². The molecule has 46 heavy (non-hydrogen) atoms. The van der Waals surface area contributed by atoms with Crippen LogP contribution in [0.15, 0.2) is 76.1 Å². The Labute approximate surface area is 291 Å². The van der Waals surface area contributed by atoms with Gasteiger partial charge in [0.2, 0.25) is 0 Å². The maximum absolute atomic E-state index is 14.1. The van der Waals surface area contributed by atoms with Gasteiger partial charge in [0.05, 0.1) is 39.1 Å². The van der Waals surface area contributed by atoms with Crippen molar-refractivity contribution < 1.29 is 13.7 Å². The summed E-state index contributed by atoms with van der Waals surface area (Å²) in [7, 11) is 2.23. The van der Waals surface area contributed by atoms with E-state index in [9.17, 15) is 14.3 Å². The van der Waals surface area contributed by atoms with Crippen LogP contribution in [-0.4, -0.2) is 66.5 Å². The number of piperidine rings is 1. The van der Waals surface area contributed by atoms with Crippen LogP contribution < -0.4 is 4.74 Å². The number of halogens is 3. The normalized spacial score (nSPS) is 15.3. The van der Waals surface area contributed by atoms with E-state index in [1.807, 2.05) is 48.5 Å². The lowest BCUT2D eigenvalue weighted by Gasteiger charge is -2.34. The van der Waals surface area contributed by atoms with Crippen LogP contribution in [0, 0.1) is 11.3 Å². The summed E-state index contributed by atoms with van der Waals surface area (Å²) >= 11 is 16.3. The Bertz CT molecular complexity index is 1820. The van der Waals surface area contributed by atoms with Crippen LogP contribution in [-0.2, 0) is 10.8 Å². The summed E-state index contributed by atoms with van der Waals surface area (Å²) in [6.45, 7) is 3.15. The van der Waals surface area contributed by atoms with Gasteiger partial charge < -0.3 is 14.5 Å². The van der Waals surface area contributed by atoms with E-state index in [0.717, 1.165) is 64.6 Å². The Balaban J connectivity index is 1.34. The first kappa shape index (κ1) is 34.4. The number of hydrogen-bond donors (Lipinski definition) is 0. The number of ether oxygens (including phenoxy) is 1. The molecule has 0 spiro atoms. The van der Waals surface area contributed by atoms with Crippen molar-refractivity contribution >= 4 is 66.6 Å². The quantitative estimate of drug-likeness (QED) is 0.163. The van der Waals surface area contributed by atoms with Crippen LogP contribution in [0.25, 0.3) is 10.8 Å². The summed E-state index contributed by atoms with van der Waals surface area (Å²) in [5, 5.41) is 12.3. The number of hydrogen-bond acceptors (Lipinski definition) is 5. The molecule has 0 unspecified atom stereocenters. The predicted octanol–water partition coefficient (Wildman–Crippen LogP) is 8.65. The number of amides is 1. The second-order valence-electron chi connectivity index (χ2n) is 11.8. The Morgan fingerprint density at radius 3 is 2.52 bits per heavy atom. The number of fused-ring (bicyclic) bond motifs is 1. The van der Waals surface area contributed by atoms with E-state index in [0.29, 0.717) is 33.6 Å². The minimum Gasteiger partial charge on any atom is -0.495 e. The average molecular weight is 742 g/mol. The summed E-state index contributed by atoms with van der Waals surface area (Å²) in [4.78, 5) is 19.2. The lowest BCUT2D eigenvalue weighted by atomic mass is 9.88. The van der Waals surface area contributed by atoms with Crippen molar-refractivity contribution in [2.24, 2.45) is 0 Å². The molecular formula is C36H36BrCl2N3O3S. The number of rotatable bonds is 10. The Kier molecular flexibility index (Phi) is 11.5. The third-order valence-electron chi connectivity index (χ3n) is 8.90. The molecule has 0 aromatic heterocycles. The molecule has 240 valence electrons. The first-order chi connectivity index (χ1) is 22.1. The zero-order valence-electron chi connectivity index (χ0n) is 26.1. The molecule has 0 saturated carbocycles. The molecule has 4 aromatic rings. The number of nitrogens with zero attached hydrogens (tertiary/aromatic N) is 3. The second kappa shape index (κ2) is 15.3. The summed E-state index contributed by atoms with van der Waals surface area (Å²) in [5.41, 5.74) is 2.90. The van der Waals surface area contributed by atoms with E-state index in [4.69, 9.17) is 27.9 Å². The summed E-state index contributed by atoms with van der Waals surface area (Å²) < 4.78 is 19.0. The molecule has 1 fully saturated rings. The van der Waals surface area contributed by atoms with Gasteiger partial charge in [-0.2, -0.15) is 5.26 Å². The summed E-state index contributed by atoms with van der Waals surface area (Å²) in [6.07, 6.45) is 4.52. The highest BCUT2D eigenvalue weighted by atomic mass is 79.9. The number of methoxy groups -OCH3 is 1. The highest BCUT2D eigenvalue weighted by Crippen LogP contribution is 2.36. The smallest absolute Gasteiger partial charge is 0.258 e. The zero-order chi connectivity index (χ0) is 33.0. The minimum atomic E-state index is -1.05. The number of likely N-dealkylation sites (N-methyl/N-ethyl adjacent to an activating group) is 1. The lowest BCUT2D eigenvalue weighted by molar-refractivity contribution is 0.0780. The third-order valence-corrected chi connectivity index (χ3v) is 11.1. The van der Waals surface area contributed by atoms with E-state index in [-0.39, 0.29) is 17.6 Å². The van der Waals surface area contributed by atoms with Crippen LogP contribution in [0.4, 0.5) is 0 Å². The number of nitriles is 1. The van der Waals surface area contributed by atoms with E-state index >= 15 is 0 Å². The molecule has 0 N–H and O–H groups in total. The summed E-state index contributed by atoms with van der Waals surface area (Å²) in [5.74, 6) is 0.424. The molecule has 10 heteroatoms. The van der Waals surface area contributed by atoms with Gasteiger partial charge in [-0.15, -0.1) is 0 Å². The first-order valence-corrected chi connectivity index (χ1v) is 18.3. The molecule has 2 atom stereocenters. The number of carbonyl (C=O) groups is 1. The van der Waals surface area contributed by atoms with Crippen LogP contribution in [0.2, 0.25) is 10.0 Å². The minimum absolute atomic E-state index is 0.0153. The number of likely N-dealkylation sites (tertiary alicyclic amines) is 1. The molecule has 1 heterocycles. The van der Waals surface area contributed by atoms with E-state index in [1.165, 1.54) is 12.7 Å². The van der Waals surface area contributed by atoms with Crippen molar-refractivity contribution in [1.29, 1.82) is 5.26 Å². The van der Waals surface area contributed by atoms with Gasteiger partial charge in [-0.05, 0) is 97.0 Å². The van der Waals surface area contributed by atoms with Gasteiger partial charge in [0.25, 0.3) is 5.91 Å². The predicted molar refractivity (Wildman–Crippen MR) is 191 cm³/mol. The molecule has 1 amide bonds. The fourth-order valence-electron chi connectivity index (χ4n) is 6.47. The van der Waals surface area contributed by atoms with Crippen molar-refractivity contribution in [2.45, 2.75) is 36.0 Å². The standard InChI is InChI=1S/C36H36BrCl2N3O3S/c1-41(36(43)34-30-7-5-4-6-25(30)18-27(21-40)35(34)45-2)22-26(24-8-11-31(38)32(39)19-24)14-17-42-15-12-23(13-16-42)29-10-9-28(37)20-33(29)46(3)44/h4-11,18-20,23,26H,12-17,22H2,1-3H3/t26-,46+/m1/s1. The average Bonchev–Trinajstić information content (AvgIpc) is 3.06. The molecule has 0 bridgehead atoms. The maximum atomic E-state index is 14.1. The molecule has 1 aliphatic heterocycles. The van der Waals surface area contributed by atoms with Gasteiger partial charge in [0, 0.05) is 35.1 Å². The number of benzene rings is 4. The fourth-order valence-corrected chi connectivity index (χ4v) is 8.15. The molecule has 6 nitrogen and oxygen atoms in total. The van der Waals surface area contributed by atoms with Gasteiger partial charge in [-0.1, -0.05) is 75.5 Å². The Hall–Kier alpha value is -2.93. The first-order valence-electron chi connectivity index (χ1n) is 15.2. The van der Waals surface area contributed by atoms with Gasteiger partial charge in [-0.25, -0.2) is 0 Å². The molecule has 0 aliphatic carbocycles. The van der Waals surface area contributed by atoms with Crippen LogP contribution in [0.1, 0.15) is 58.1 Å². The van der Waals surface area contributed by atoms with E-state index < -0.39 is 10.8 Å². The molecule has 4 aromatic carbocycles. The topological polar surface area (TPSA) is 73.6 Å². The second-order valence-corrected chi connectivity index (χ2v) is 14.8. The third kappa shape index (κ3) is 7.61. The monoisotopic (exact) mass is 739 g/mol. The molecule has 1 saturated heterocycles. The highest BCUT2D eigenvalue weighted by molar-refractivity contribution is 9.10. The van der Waals surface area contributed by atoms with E-state index in [2.05, 4.69) is 33.0 Å². The Morgan fingerprint density at radius 2 is 1.85 bits per heavy atom. The van der Waals surface area contributed by atoms with Gasteiger partial charge in [0.1, 0.15) is 11.8 Å². The highest BCUT2D eigenvalue weighted by Gasteiger charge is 2.28. The molecule has 1 aliphatic rings. The zero-order valence-corrected chi connectivity index (χ0v) is 30.0. The van der Waals surface area contributed by atoms with E-state index in [1.54, 1.807) is 30.3 Å². The summed E-state index contributed by atoms with van der Waals surface area (Å²) in [6, 6.07) is 23.3. The molecule has 5 rings (SSSR count). The lowest BCUT2D eigenvalue weighted by Crippen LogP contribution is -2.36. The fraction of sp³-hybridized carbons (Fsp3) is 0.333. The number of carbonyl (C=O) groups excluding carboxylic acids is 1. The largest absolute Gasteiger partial charge is 0.495 e. The van der Waals surface area contributed by atoms with Crippen molar-refractivity contribution in [2.75, 3.05) is 46.6 Å². The molecular weight excluding hydrogens is 705 g/mol. The van der Waals surface area contributed by atoms with Crippen molar-refractivity contribution in [3.63, 3.8) is 0 Å². The Morgan fingerprint density at radius 1 is 1.11 bits per heavy atom. The van der Waals surface area contributed by atoms with Crippen LogP contribution in [0.5, 0.6) is 5.75 Å². The van der Waals surface area contributed by atoms with Crippen molar-refractivity contribution in [3.05, 3.63) is 104 Å². The van der Waals surface area contributed by atoms with Gasteiger partial charge in [-0.3, -0.25) is 9.00 Å².